The summed E-state index contributed by atoms with van der Waals surface area (Å²) < 4.78 is 5.77. The fourth-order valence-electron chi connectivity index (χ4n) is 1.76. The van der Waals surface area contributed by atoms with E-state index in [1.807, 2.05) is 38.1 Å². The molecule has 1 aromatic heterocycles. The monoisotopic (exact) mass is 320 g/mol. The second kappa shape index (κ2) is 7.84. The van der Waals surface area contributed by atoms with Crippen molar-refractivity contribution in [3.63, 3.8) is 0 Å². The summed E-state index contributed by atoms with van der Waals surface area (Å²) in [5.41, 5.74) is 0.278. The minimum Gasteiger partial charge on any atom is -0.489 e. The van der Waals surface area contributed by atoms with Gasteiger partial charge in [-0.05, 0) is 38.2 Å². The van der Waals surface area contributed by atoms with Crippen LogP contribution in [0.1, 0.15) is 27.2 Å². The summed E-state index contributed by atoms with van der Waals surface area (Å²) in [4.78, 5) is 15.4. The molecule has 0 aliphatic heterocycles. The highest BCUT2D eigenvalue weighted by atomic mass is 32.2. The molecular weight excluding hydrogens is 300 g/mol. The van der Waals surface area contributed by atoms with Gasteiger partial charge in [0.1, 0.15) is 5.75 Å². The number of para-hydroxylation sites is 2. The molecule has 0 aliphatic rings. The normalized spacial score (nSPS) is 10.7. The topological polar surface area (TPSA) is 79.9 Å². The third-order valence-corrected chi connectivity index (χ3v) is 3.79. The molecule has 118 valence electrons. The molecule has 0 saturated heterocycles. The van der Waals surface area contributed by atoms with E-state index in [1.165, 1.54) is 0 Å². The number of aromatic nitrogens is 3. The van der Waals surface area contributed by atoms with Gasteiger partial charge in [0.2, 0.25) is 0 Å². The van der Waals surface area contributed by atoms with Gasteiger partial charge in [0.05, 0.1) is 11.8 Å². The number of aromatic amines is 1. The van der Waals surface area contributed by atoms with Crippen molar-refractivity contribution in [3.8, 4) is 5.75 Å². The largest absolute Gasteiger partial charge is 0.489 e. The minimum atomic E-state index is -0.481. The zero-order chi connectivity index (χ0) is 15.9. The lowest BCUT2D eigenvalue weighted by Gasteiger charge is -2.15. The highest BCUT2D eigenvalue weighted by Crippen LogP contribution is 2.30. The van der Waals surface area contributed by atoms with Gasteiger partial charge in [-0.3, -0.25) is 0 Å². The maximum Gasteiger partial charge on any atom is 0.363 e. The summed E-state index contributed by atoms with van der Waals surface area (Å²) in [5, 5.41) is 10.3. The van der Waals surface area contributed by atoms with Gasteiger partial charge in [-0.2, -0.15) is 10.1 Å². The van der Waals surface area contributed by atoms with E-state index in [0.717, 1.165) is 17.9 Å². The Morgan fingerprint density at radius 3 is 2.86 bits per heavy atom. The van der Waals surface area contributed by atoms with Crippen LogP contribution in [-0.2, 0) is 0 Å². The van der Waals surface area contributed by atoms with Crippen LogP contribution < -0.4 is 15.7 Å². The zero-order valence-corrected chi connectivity index (χ0v) is 13.7. The number of nitrogens with one attached hydrogen (secondary N) is 2. The van der Waals surface area contributed by atoms with Crippen LogP contribution in [0.2, 0.25) is 0 Å². The molecule has 0 fully saturated rings. The van der Waals surface area contributed by atoms with E-state index < -0.39 is 5.69 Å². The molecule has 2 rings (SSSR count). The molecule has 6 nitrogen and oxygen atoms in total. The number of hydrogen-bond acceptors (Lipinski definition) is 6. The summed E-state index contributed by atoms with van der Waals surface area (Å²) in [7, 11) is 0. The molecule has 0 spiro atoms. The molecule has 0 radical (unpaired) electrons. The van der Waals surface area contributed by atoms with Gasteiger partial charge in [-0.15, -0.1) is 11.8 Å². The molecule has 0 atom stereocenters. The number of H-pyrrole nitrogens is 1. The van der Waals surface area contributed by atoms with E-state index in [9.17, 15) is 4.79 Å². The second-order valence-electron chi connectivity index (χ2n) is 4.93. The van der Waals surface area contributed by atoms with E-state index in [0.29, 0.717) is 16.6 Å². The van der Waals surface area contributed by atoms with Crippen LogP contribution in [0.25, 0.3) is 0 Å². The van der Waals surface area contributed by atoms with Crippen LogP contribution in [0.4, 0.5) is 11.5 Å². The Labute approximate surface area is 133 Å². The third-order valence-electron chi connectivity index (χ3n) is 2.61. The Morgan fingerprint density at radius 1 is 1.36 bits per heavy atom. The zero-order valence-electron chi connectivity index (χ0n) is 12.9. The van der Waals surface area contributed by atoms with Gasteiger partial charge in [-0.1, -0.05) is 19.1 Å². The molecule has 0 unspecified atom stereocenters. The van der Waals surface area contributed by atoms with E-state index in [1.54, 1.807) is 11.8 Å². The summed E-state index contributed by atoms with van der Waals surface area (Å²) >= 11 is 1.55. The first kappa shape index (κ1) is 16.4. The Hall–Kier alpha value is -2.02. The molecule has 2 aromatic rings. The first-order valence-electron chi connectivity index (χ1n) is 7.22. The van der Waals surface area contributed by atoms with E-state index >= 15 is 0 Å². The van der Waals surface area contributed by atoms with E-state index in [2.05, 4.69) is 27.4 Å². The van der Waals surface area contributed by atoms with Crippen LogP contribution in [0.3, 0.4) is 0 Å². The minimum absolute atomic E-state index is 0.0575. The van der Waals surface area contributed by atoms with Crippen molar-refractivity contribution < 1.29 is 4.74 Å². The average molecular weight is 320 g/mol. The molecule has 0 aliphatic carbocycles. The number of thioether (sulfide) groups is 1. The predicted molar refractivity (Wildman–Crippen MR) is 89.2 cm³/mol. The standard InChI is InChI=1S/C15H20N4O2S/c1-4-9-22-14-13(17-15(20)19-18-14)16-11-7-5-6-8-12(11)21-10(2)3/h5-8,10H,4,9H2,1-3H3,(H2,16,17,19,20). The van der Waals surface area contributed by atoms with Crippen molar-refractivity contribution in [2.75, 3.05) is 11.1 Å². The van der Waals surface area contributed by atoms with Crippen molar-refractivity contribution in [2.45, 2.75) is 38.3 Å². The molecule has 0 bridgehead atoms. The second-order valence-corrected chi connectivity index (χ2v) is 6.01. The number of benzene rings is 1. The fourth-order valence-corrected chi connectivity index (χ4v) is 2.50. The quantitative estimate of drug-likeness (QED) is 0.763. The first-order chi connectivity index (χ1) is 10.6. The fraction of sp³-hybridized carbons (Fsp3) is 0.400. The van der Waals surface area contributed by atoms with Crippen LogP contribution in [0, 0.1) is 0 Å². The van der Waals surface area contributed by atoms with Crippen molar-refractivity contribution in [1.82, 2.24) is 15.2 Å². The third kappa shape index (κ3) is 4.49. The lowest BCUT2D eigenvalue weighted by atomic mass is 10.3. The van der Waals surface area contributed by atoms with E-state index in [4.69, 9.17) is 4.74 Å². The summed E-state index contributed by atoms with van der Waals surface area (Å²) in [5.74, 6) is 2.06. The van der Waals surface area contributed by atoms with Crippen molar-refractivity contribution in [3.05, 3.63) is 34.7 Å². The van der Waals surface area contributed by atoms with Crippen LogP contribution in [-0.4, -0.2) is 27.0 Å². The lowest BCUT2D eigenvalue weighted by Crippen LogP contribution is -2.16. The summed E-state index contributed by atoms with van der Waals surface area (Å²) in [6.07, 6.45) is 1.07. The smallest absolute Gasteiger partial charge is 0.363 e. The first-order valence-corrected chi connectivity index (χ1v) is 8.21. The van der Waals surface area contributed by atoms with Crippen LogP contribution in [0.15, 0.2) is 34.1 Å². The van der Waals surface area contributed by atoms with Gasteiger partial charge in [0.15, 0.2) is 10.8 Å². The Balaban J connectivity index is 2.30. The van der Waals surface area contributed by atoms with E-state index in [-0.39, 0.29) is 6.10 Å². The molecule has 22 heavy (non-hydrogen) atoms. The Kier molecular flexibility index (Phi) is 5.83. The molecule has 2 N–H and O–H groups in total. The maximum absolute atomic E-state index is 11.5. The molecular formula is C15H20N4O2S. The number of nitrogens with zero attached hydrogens (tertiary/aromatic N) is 2. The SMILES string of the molecule is CCCSc1n[nH]c(=O)nc1Nc1ccccc1OC(C)C. The Bertz CT molecular complexity index is 673. The van der Waals surface area contributed by atoms with Gasteiger partial charge < -0.3 is 10.1 Å². The van der Waals surface area contributed by atoms with Gasteiger partial charge in [0, 0.05) is 0 Å². The van der Waals surface area contributed by atoms with Gasteiger partial charge in [0.25, 0.3) is 0 Å². The molecule has 1 aromatic carbocycles. The number of ether oxygens (including phenoxy) is 1. The summed E-state index contributed by atoms with van der Waals surface area (Å²) in [6, 6.07) is 7.56. The molecule has 0 amide bonds. The van der Waals surface area contributed by atoms with Crippen molar-refractivity contribution >= 4 is 23.3 Å². The number of anilines is 2. The van der Waals surface area contributed by atoms with Crippen LogP contribution >= 0.6 is 11.8 Å². The van der Waals surface area contributed by atoms with Gasteiger partial charge in [-0.25, -0.2) is 9.89 Å². The molecule has 1 heterocycles. The van der Waals surface area contributed by atoms with Gasteiger partial charge >= 0.3 is 5.69 Å². The molecule has 7 heteroatoms. The molecule has 0 saturated carbocycles. The highest BCUT2D eigenvalue weighted by Gasteiger charge is 2.11. The van der Waals surface area contributed by atoms with Crippen molar-refractivity contribution in [1.29, 1.82) is 0 Å². The predicted octanol–water partition coefficient (Wildman–Crippen LogP) is 3.20. The maximum atomic E-state index is 11.5. The van der Waals surface area contributed by atoms with Crippen LogP contribution in [0.5, 0.6) is 5.75 Å². The number of hydrogen-bond donors (Lipinski definition) is 2. The Morgan fingerprint density at radius 2 is 2.14 bits per heavy atom. The van der Waals surface area contributed by atoms with Crippen molar-refractivity contribution in [2.24, 2.45) is 0 Å². The lowest BCUT2D eigenvalue weighted by molar-refractivity contribution is 0.244. The number of rotatable bonds is 7. The average Bonchev–Trinajstić information content (AvgIpc) is 2.48. The summed E-state index contributed by atoms with van der Waals surface area (Å²) in [6.45, 7) is 6.02. The highest BCUT2D eigenvalue weighted by molar-refractivity contribution is 7.99.